The van der Waals surface area contributed by atoms with Crippen LogP contribution in [0.1, 0.15) is 0 Å². The van der Waals surface area contributed by atoms with E-state index in [0.717, 1.165) is 26.2 Å². The number of primary amides is 1. The first-order chi connectivity index (χ1) is 4.79. The van der Waals surface area contributed by atoms with Crippen LogP contribution < -0.4 is 16.5 Å². The van der Waals surface area contributed by atoms with Gasteiger partial charge in [-0.25, -0.2) is 9.80 Å². The lowest BCUT2D eigenvalue weighted by atomic mass is 10.4. The summed E-state index contributed by atoms with van der Waals surface area (Å²) < 4.78 is 0. The molecule has 0 saturated carbocycles. The highest BCUT2D eigenvalue weighted by Gasteiger charge is 2.09. The number of rotatable bonds is 1. The molecule has 0 aromatic carbocycles. The average molecular weight is 181 g/mol. The highest BCUT2D eigenvalue weighted by Crippen LogP contribution is 1.84. The number of halogens is 1. The summed E-state index contributed by atoms with van der Waals surface area (Å²) in [5.41, 5.74) is 7.43. The number of amides is 2. The minimum Gasteiger partial charge on any atom is -0.351 e. The van der Waals surface area contributed by atoms with Gasteiger partial charge in [0.15, 0.2) is 0 Å². The van der Waals surface area contributed by atoms with Crippen molar-refractivity contribution in [3.63, 3.8) is 0 Å². The molecule has 1 rings (SSSR count). The number of hydrogen-bond acceptors (Lipinski definition) is 3. The molecule has 0 atom stereocenters. The van der Waals surface area contributed by atoms with Crippen LogP contribution in [0.3, 0.4) is 0 Å². The number of nitrogens with two attached hydrogens (primary N) is 1. The SMILES string of the molecule is Cl.NC(=O)NN1CCNCC1. The first-order valence-corrected chi connectivity index (χ1v) is 3.31. The van der Waals surface area contributed by atoms with Crippen molar-refractivity contribution in [1.29, 1.82) is 0 Å². The number of nitrogens with zero attached hydrogens (tertiary/aromatic N) is 1. The minimum absolute atomic E-state index is 0. The van der Waals surface area contributed by atoms with E-state index in [2.05, 4.69) is 10.7 Å². The van der Waals surface area contributed by atoms with Crippen LogP contribution in [0.25, 0.3) is 0 Å². The van der Waals surface area contributed by atoms with Crippen LogP contribution in [0, 0.1) is 0 Å². The standard InChI is InChI=1S/C5H12N4O.ClH/c6-5(10)8-9-3-1-7-2-4-9;/h7H,1-4H2,(H3,6,8,10);1H. The largest absolute Gasteiger partial charge is 0.351 e. The molecule has 0 unspecified atom stereocenters. The molecule has 0 radical (unpaired) electrons. The van der Waals surface area contributed by atoms with Gasteiger partial charge in [-0.15, -0.1) is 12.4 Å². The second-order valence-electron chi connectivity index (χ2n) is 2.21. The smallest absolute Gasteiger partial charge is 0.326 e. The highest BCUT2D eigenvalue weighted by molar-refractivity contribution is 5.85. The number of piperazine rings is 1. The van der Waals surface area contributed by atoms with Crippen LogP contribution in [-0.4, -0.2) is 37.2 Å². The van der Waals surface area contributed by atoms with Gasteiger partial charge in [-0.1, -0.05) is 0 Å². The summed E-state index contributed by atoms with van der Waals surface area (Å²) in [7, 11) is 0. The van der Waals surface area contributed by atoms with Crippen LogP contribution in [0.5, 0.6) is 0 Å². The Hall–Kier alpha value is -0.520. The Balaban J connectivity index is 0.000001000. The summed E-state index contributed by atoms with van der Waals surface area (Å²) in [6.45, 7) is 3.45. The van der Waals surface area contributed by atoms with Crippen molar-refractivity contribution in [1.82, 2.24) is 15.8 Å². The molecule has 0 spiro atoms. The van der Waals surface area contributed by atoms with Gasteiger partial charge in [-0.3, -0.25) is 5.43 Å². The van der Waals surface area contributed by atoms with Gasteiger partial charge < -0.3 is 11.1 Å². The zero-order valence-corrected chi connectivity index (χ0v) is 6.99. The van der Waals surface area contributed by atoms with E-state index < -0.39 is 6.03 Å². The van der Waals surface area contributed by atoms with Gasteiger partial charge in [0.05, 0.1) is 0 Å². The number of hydrazine groups is 1. The zero-order chi connectivity index (χ0) is 7.40. The Labute approximate surface area is 71.7 Å². The van der Waals surface area contributed by atoms with Crippen LogP contribution in [0.2, 0.25) is 0 Å². The lowest BCUT2D eigenvalue weighted by Crippen LogP contribution is -2.53. The maximum atomic E-state index is 10.3. The topological polar surface area (TPSA) is 70.4 Å². The Kier molecular flexibility index (Phi) is 4.93. The van der Waals surface area contributed by atoms with E-state index in [4.69, 9.17) is 5.73 Å². The molecule has 5 nitrogen and oxygen atoms in total. The van der Waals surface area contributed by atoms with E-state index in [1.807, 2.05) is 0 Å². The summed E-state index contributed by atoms with van der Waals surface area (Å²) in [4.78, 5) is 10.3. The Morgan fingerprint density at radius 3 is 2.45 bits per heavy atom. The van der Waals surface area contributed by atoms with E-state index >= 15 is 0 Å². The van der Waals surface area contributed by atoms with Gasteiger partial charge in [0.2, 0.25) is 0 Å². The first kappa shape index (κ1) is 10.5. The second kappa shape index (κ2) is 5.17. The maximum absolute atomic E-state index is 10.3. The molecule has 0 bridgehead atoms. The molecule has 1 heterocycles. The average Bonchev–Trinajstić information content (AvgIpc) is 1.88. The second-order valence-corrected chi connectivity index (χ2v) is 2.21. The summed E-state index contributed by atoms with van der Waals surface area (Å²) in [6.07, 6.45) is 0. The van der Waals surface area contributed by atoms with Crippen molar-refractivity contribution >= 4 is 18.4 Å². The molecular weight excluding hydrogens is 168 g/mol. The van der Waals surface area contributed by atoms with Gasteiger partial charge in [0.25, 0.3) is 0 Å². The molecule has 0 aromatic heterocycles. The van der Waals surface area contributed by atoms with Crippen LogP contribution in [0.4, 0.5) is 4.79 Å². The van der Waals surface area contributed by atoms with Crippen LogP contribution in [0.15, 0.2) is 0 Å². The van der Waals surface area contributed by atoms with Crippen molar-refractivity contribution in [2.24, 2.45) is 5.73 Å². The molecule has 1 saturated heterocycles. The molecule has 11 heavy (non-hydrogen) atoms. The third kappa shape index (κ3) is 4.02. The highest BCUT2D eigenvalue weighted by atomic mass is 35.5. The van der Waals surface area contributed by atoms with E-state index in [-0.39, 0.29) is 12.4 Å². The maximum Gasteiger partial charge on any atom is 0.326 e. The van der Waals surface area contributed by atoms with Gasteiger partial charge >= 0.3 is 6.03 Å². The number of urea groups is 1. The molecule has 4 N–H and O–H groups in total. The van der Waals surface area contributed by atoms with E-state index in [1.165, 1.54) is 0 Å². The van der Waals surface area contributed by atoms with Crippen molar-refractivity contribution in [3.8, 4) is 0 Å². The predicted molar refractivity (Wildman–Crippen MR) is 44.4 cm³/mol. The molecule has 0 aliphatic carbocycles. The molecule has 1 aliphatic rings. The summed E-state index contributed by atoms with van der Waals surface area (Å²) in [5.74, 6) is 0. The van der Waals surface area contributed by atoms with Crippen molar-refractivity contribution in [3.05, 3.63) is 0 Å². The number of carbonyl (C=O) groups excluding carboxylic acids is 1. The lowest BCUT2D eigenvalue weighted by molar-refractivity contribution is 0.167. The minimum atomic E-state index is -0.484. The van der Waals surface area contributed by atoms with Gasteiger partial charge in [0, 0.05) is 26.2 Å². The van der Waals surface area contributed by atoms with E-state index in [9.17, 15) is 4.79 Å². The van der Waals surface area contributed by atoms with Gasteiger partial charge in [-0.2, -0.15) is 0 Å². The van der Waals surface area contributed by atoms with E-state index in [1.54, 1.807) is 5.01 Å². The Morgan fingerprint density at radius 1 is 1.45 bits per heavy atom. The van der Waals surface area contributed by atoms with Gasteiger partial charge in [-0.05, 0) is 0 Å². The number of nitrogens with one attached hydrogen (secondary N) is 2. The third-order valence-corrected chi connectivity index (χ3v) is 1.39. The number of carbonyl (C=O) groups is 1. The molecule has 6 heteroatoms. The molecule has 66 valence electrons. The Bertz CT molecular complexity index is 126. The summed E-state index contributed by atoms with van der Waals surface area (Å²) in [5, 5.41) is 4.96. The normalized spacial score (nSPS) is 18.5. The molecule has 2 amide bonds. The first-order valence-electron chi connectivity index (χ1n) is 3.31. The van der Waals surface area contributed by atoms with Crippen LogP contribution >= 0.6 is 12.4 Å². The fraction of sp³-hybridized carbons (Fsp3) is 0.800. The van der Waals surface area contributed by atoms with E-state index in [0.29, 0.717) is 0 Å². The van der Waals surface area contributed by atoms with Crippen LogP contribution in [-0.2, 0) is 0 Å². The molecule has 0 aromatic rings. The van der Waals surface area contributed by atoms with Crippen molar-refractivity contribution in [2.45, 2.75) is 0 Å². The van der Waals surface area contributed by atoms with Crippen molar-refractivity contribution in [2.75, 3.05) is 26.2 Å². The molecular formula is C5H13ClN4O. The third-order valence-electron chi connectivity index (χ3n) is 1.39. The Morgan fingerprint density at radius 2 is 2.00 bits per heavy atom. The zero-order valence-electron chi connectivity index (χ0n) is 6.17. The monoisotopic (exact) mass is 180 g/mol. The predicted octanol–water partition coefficient (Wildman–Crippen LogP) is -1.10. The summed E-state index contributed by atoms with van der Waals surface area (Å²) >= 11 is 0. The molecule has 1 aliphatic heterocycles. The van der Waals surface area contributed by atoms with Gasteiger partial charge in [0.1, 0.15) is 0 Å². The summed E-state index contributed by atoms with van der Waals surface area (Å²) in [6, 6.07) is -0.484. The van der Waals surface area contributed by atoms with Crippen molar-refractivity contribution < 1.29 is 4.79 Å². The quantitative estimate of drug-likeness (QED) is 0.480. The fourth-order valence-electron chi connectivity index (χ4n) is 0.932. The number of hydrogen-bond donors (Lipinski definition) is 3. The fourth-order valence-corrected chi connectivity index (χ4v) is 0.932. The lowest BCUT2D eigenvalue weighted by Gasteiger charge is -2.26. The molecule has 1 fully saturated rings.